The zero-order valence-corrected chi connectivity index (χ0v) is 10.1. The Bertz CT molecular complexity index is 405. The minimum Gasteiger partial charge on any atom is -0.479 e. The Labute approximate surface area is 103 Å². The van der Waals surface area contributed by atoms with Crippen LogP contribution >= 0.6 is 23.4 Å². The van der Waals surface area contributed by atoms with E-state index in [9.17, 15) is 9.90 Å². The van der Waals surface area contributed by atoms with Crippen LogP contribution in [0.4, 0.5) is 5.69 Å². The summed E-state index contributed by atoms with van der Waals surface area (Å²) in [5.41, 5.74) is -0.0765. The lowest BCUT2D eigenvalue weighted by Gasteiger charge is -2.25. The molecule has 0 bridgehead atoms. The van der Waals surface area contributed by atoms with Crippen molar-refractivity contribution in [1.29, 1.82) is 0 Å². The van der Waals surface area contributed by atoms with Gasteiger partial charge in [-0.2, -0.15) is 11.8 Å². The molecule has 0 aromatic heterocycles. The molecular formula is C11H12ClNO2S. The third kappa shape index (κ3) is 2.28. The quantitative estimate of drug-likeness (QED) is 0.874. The Kier molecular flexibility index (Phi) is 3.30. The largest absolute Gasteiger partial charge is 0.479 e. The van der Waals surface area contributed by atoms with E-state index in [-0.39, 0.29) is 0 Å². The van der Waals surface area contributed by atoms with Crippen LogP contribution in [0.3, 0.4) is 0 Å². The summed E-state index contributed by atoms with van der Waals surface area (Å²) in [5.74, 6) is 0.673. The van der Waals surface area contributed by atoms with Gasteiger partial charge in [0.15, 0.2) is 0 Å². The van der Waals surface area contributed by atoms with Crippen LogP contribution < -0.4 is 5.32 Å². The predicted octanol–water partition coefficient (Wildman–Crippen LogP) is 2.71. The summed E-state index contributed by atoms with van der Waals surface area (Å²) in [5, 5.41) is 13.0. The van der Waals surface area contributed by atoms with Gasteiger partial charge in [-0.25, -0.2) is 4.79 Å². The molecule has 0 amide bonds. The topological polar surface area (TPSA) is 49.3 Å². The van der Waals surface area contributed by atoms with E-state index in [0.29, 0.717) is 17.2 Å². The highest BCUT2D eigenvalue weighted by Crippen LogP contribution is 2.32. The standard InChI is InChI=1S/C11H12ClNO2S/c12-8-2-1-3-9(6-8)13-11(10(14)15)4-5-16-7-11/h1-3,6,13H,4-5,7H2,(H,14,15). The molecule has 0 saturated carbocycles. The summed E-state index contributed by atoms with van der Waals surface area (Å²) in [6.07, 6.45) is 0.638. The minimum absolute atomic E-state index is 0.592. The molecule has 1 aliphatic rings. The van der Waals surface area contributed by atoms with E-state index < -0.39 is 11.5 Å². The van der Waals surface area contributed by atoms with Crippen molar-refractivity contribution >= 4 is 35.0 Å². The number of thioether (sulfide) groups is 1. The first-order valence-corrected chi connectivity index (χ1v) is 6.51. The first-order chi connectivity index (χ1) is 7.62. The summed E-state index contributed by atoms with van der Waals surface area (Å²) in [7, 11) is 0. The Morgan fingerprint density at radius 2 is 2.38 bits per heavy atom. The average molecular weight is 258 g/mol. The van der Waals surface area contributed by atoms with Crippen molar-refractivity contribution in [2.24, 2.45) is 0 Å². The van der Waals surface area contributed by atoms with E-state index in [2.05, 4.69) is 5.32 Å². The molecule has 86 valence electrons. The predicted molar refractivity (Wildman–Crippen MR) is 67.4 cm³/mol. The Balaban J connectivity index is 2.21. The van der Waals surface area contributed by atoms with Crippen molar-refractivity contribution < 1.29 is 9.90 Å². The summed E-state index contributed by atoms with van der Waals surface area (Å²) in [6.45, 7) is 0. The number of carbonyl (C=O) groups is 1. The second kappa shape index (κ2) is 4.55. The van der Waals surface area contributed by atoms with Crippen LogP contribution in [-0.4, -0.2) is 28.1 Å². The number of hydrogen-bond donors (Lipinski definition) is 2. The third-order valence-corrected chi connectivity index (χ3v) is 4.06. The van der Waals surface area contributed by atoms with Crippen LogP contribution in [0.25, 0.3) is 0 Å². The number of rotatable bonds is 3. The molecule has 1 fully saturated rings. The molecule has 0 aliphatic carbocycles. The lowest BCUT2D eigenvalue weighted by molar-refractivity contribution is -0.141. The third-order valence-electron chi connectivity index (χ3n) is 2.64. The molecule has 1 saturated heterocycles. The SMILES string of the molecule is O=C(O)C1(Nc2cccc(Cl)c2)CCSC1. The maximum atomic E-state index is 11.3. The monoisotopic (exact) mass is 257 g/mol. The van der Waals surface area contributed by atoms with E-state index in [1.807, 2.05) is 12.1 Å². The lowest BCUT2D eigenvalue weighted by Crippen LogP contribution is -2.46. The molecule has 16 heavy (non-hydrogen) atoms. The van der Waals surface area contributed by atoms with Gasteiger partial charge in [-0.3, -0.25) is 0 Å². The summed E-state index contributed by atoms with van der Waals surface area (Å²) in [4.78, 5) is 11.3. The maximum Gasteiger partial charge on any atom is 0.330 e. The first kappa shape index (κ1) is 11.6. The van der Waals surface area contributed by atoms with Gasteiger partial charge in [-0.15, -0.1) is 0 Å². The van der Waals surface area contributed by atoms with Crippen molar-refractivity contribution in [3.63, 3.8) is 0 Å². The Morgan fingerprint density at radius 1 is 1.56 bits per heavy atom. The van der Waals surface area contributed by atoms with Crippen LogP contribution in [0.15, 0.2) is 24.3 Å². The average Bonchev–Trinajstić information content (AvgIpc) is 2.67. The lowest BCUT2D eigenvalue weighted by atomic mass is 9.99. The summed E-state index contributed by atoms with van der Waals surface area (Å²) >= 11 is 7.52. The molecule has 1 unspecified atom stereocenters. The van der Waals surface area contributed by atoms with Gasteiger partial charge >= 0.3 is 5.97 Å². The van der Waals surface area contributed by atoms with E-state index in [4.69, 9.17) is 11.6 Å². The van der Waals surface area contributed by atoms with Gasteiger partial charge in [-0.1, -0.05) is 17.7 Å². The maximum absolute atomic E-state index is 11.3. The Morgan fingerprint density at radius 3 is 2.94 bits per heavy atom. The van der Waals surface area contributed by atoms with Gasteiger partial charge in [0.25, 0.3) is 0 Å². The van der Waals surface area contributed by atoms with Crippen molar-refractivity contribution in [3.8, 4) is 0 Å². The first-order valence-electron chi connectivity index (χ1n) is 4.97. The highest BCUT2D eigenvalue weighted by atomic mass is 35.5. The van der Waals surface area contributed by atoms with Gasteiger partial charge in [-0.05, 0) is 30.4 Å². The van der Waals surface area contributed by atoms with Gasteiger partial charge in [0.1, 0.15) is 5.54 Å². The molecule has 0 spiro atoms. The van der Waals surface area contributed by atoms with Gasteiger partial charge in [0.2, 0.25) is 0 Å². The van der Waals surface area contributed by atoms with Gasteiger partial charge < -0.3 is 10.4 Å². The molecule has 1 aliphatic heterocycles. The van der Waals surface area contributed by atoms with Gasteiger partial charge in [0, 0.05) is 16.5 Å². The number of halogens is 1. The van der Waals surface area contributed by atoms with Crippen LogP contribution in [0.5, 0.6) is 0 Å². The fourth-order valence-electron chi connectivity index (χ4n) is 1.73. The number of carboxylic acid groups (broad SMARTS) is 1. The van der Waals surface area contributed by atoms with Gasteiger partial charge in [0.05, 0.1) is 0 Å². The van der Waals surface area contributed by atoms with E-state index >= 15 is 0 Å². The van der Waals surface area contributed by atoms with Crippen LogP contribution in [0.2, 0.25) is 5.02 Å². The zero-order chi connectivity index (χ0) is 11.6. The summed E-state index contributed by atoms with van der Waals surface area (Å²) in [6, 6.07) is 7.15. The Hall–Kier alpha value is -0.870. The second-order valence-electron chi connectivity index (χ2n) is 3.83. The number of anilines is 1. The van der Waals surface area contributed by atoms with Crippen molar-refractivity contribution in [3.05, 3.63) is 29.3 Å². The van der Waals surface area contributed by atoms with Crippen LogP contribution in [0.1, 0.15) is 6.42 Å². The zero-order valence-electron chi connectivity index (χ0n) is 8.57. The molecule has 1 aromatic rings. The second-order valence-corrected chi connectivity index (χ2v) is 5.37. The number of hydrogen-bond acceptors (Lipinski definition) is 3. The number of carboxylic acids is 1. The number of nitrogens with one attached hydrogen (secondary N) is 1. The fourth-order valence-corrected chi connectivity index (χ4v) is 3.24. The molecule has 5 heteroatoms. The molecule has 1 atom stereocenters. The molecule has 1 aromatic carbocycles. The molecule has 2 N–H and O–H groups in total. The highest BCUT2D eigenvalue weighted by Gasteiger charge is 2.41. The van der Waals surface area contributed by atoms with Crippen LogP contribution in [0, 0.1) is 0 Å². The summed E-state index contributed by atoms with van der Waals surface area (Å²) < 4.78 is 0. The molecule has 0 radical (unpaired) electrons. The normalized spacial score (nSPS) is 24.3. The van der Waals surface area contributed by atoms with Crippen LogP contribution in [-0.2, 0) is 4.79 Å². The molecule has 3 nitrogen and oxygen atoms in total. The smallest absolute Gasteiger partial charge is 0.330 e. The van der Waals surface area contributed by atoms with Crippen molar-refractivity contribution in [2.45, 2.75) is 12.0 Å². The molecule has 2 rings (SSSR count). The molecular weight excluding hydrogens is 246 g/mol. The number of aliphatic carboxylic acids is 1. The minimum atomic E-state index is -0.838. The van der Waals surface area contributed by atoms with E-state index in [1.165, 1.54) is 0 Å². The van der Waals surface area contributed by atoms with Crippen molar-refractivity contribution in [2.75, 3.05) is 16.8 Å². The number of benzene rings is 1. The van der Waals surface area contributed by atoms with Crippen molar-refractivity contribution in [1.82, 2.24) is 0 Å². The molecule has 1 heterocycles. The van der Waals surface area contributed by atoms with E-state index in [1.54, 1.807) is 23.9 Å². The highest BCUT2D eigenvalue weighted by molar-refractivity contribution is 7.99. The fraction of sp³-hybridized carbons (Fsp3) is 0.364. The van der Waals surface area contributed by atoms with E-state index in [0.717, 1.165) is 11.4 Å².